The Labute approximate surface area is 161 Å². The molecule has 3 saturated heterocycles. The number of halogens is 1. The minimum atomic E-state index is -0.178. The molecular weight excluding hydrogens is 341 g/mol. The van der Waals surface area contributed by atoms with Gasteiger partial charge in [-0.15, -0.1) is 0 Å². The van der Waals surface area contributed by atoms with Crippen LogP contribution >= 0.6 is 0 Å². The third kappa shape index (κ3) is 3.58. The van der Waals surface area contributed by atoms with Gasteiger partial charge in [-0.05, 0) is 74.5 Å². The molecule has 27 heavy (non-hydrogen) atoms. The van der Waals surface area contributed by atoms with Gasteiger partial charge in [0, 0.05) is 37.8 Å². The SMILES string of the molecule is O=C(NC1CCN(CCc2ccc(F)cc2)C1)N1C2CC3CC(C2)CC1C3. The summed E-state index contributed by atoms with van der Waals surface area (Å²) in [6.07, 6.45) is 8.30. The lowest BCUT2D eigenvalue weighted by molar-refractivity contribution is -0.0318. The predicted molar refractivity (Wildman–Crippen MR) is 103 cm³/mol. The van der Waals surface area contributed by atoms with E-state index in [1.54, 1.807) is 0 Å². The minimum Gasteiger partial charge on any atom is -0.334 e. The lowest BCUT2D eigenvalue weighted by Crippen LogP contribution is -2.62. The second kappa shape index (κ2) is 7.08. The zero-order chi connectivity index (χ0) is 18.4. The Balaban J connectivity index is 1.11. The normalized spacial score (nSPS) is 35.0. The third-order valence-electron chi connectivity index (χ3n) is 7.34. The van der Waals surface area contributed by atoms with Crippen molar-refractivity contribution in [2.75, 3.05) is 19.6 Å². The molecule has 1 N–H and O–H groups in total. The summed E-state index contributed by atoms with van der Waals surface area (Å²) in [5, 5.41) is 3.34. The van der Waals surface area contributed by atoms with E-state index in [1.165, 1.54) is 49.8 Å². The van der Waals surface area contributed by atoms with E-state index < -0.39 is 0 Å². The highest BCUT2D eigenvalue weighted by Gasteiger charge is 2.48. The number of hydrogen-bond acceptors (Lipinski definition) is 2. The topological polar surface area (TPSA) is 35.6 Å². The summed E-state index contributed by atoms with van der Waals surface area (Å²) in [4.78, 5) is 17.6. The summed E-state index contributed by atoms with van der Waals surface area (Å²) in [7, 11) is 0. The second-order valence-corrected chi connectivity index (χ2v) is 9.24. The molecule has 5 fully saturated rings. The van der Waals surface area contributed by atoms with Crippen LogP contribution in [0.2, 0.25) is 0 Å². The molecule has 2 aliphatic carbocycles. The zero-order valence-electron chi connectivity index (χ0n) is 15.9. The van der Waals surface area contributed by atoms with Gasteiger partial charge < -0.3 is 15.1 Å². The summed E-state index contributed by atoms with van der Waals surface area (Å²) in [5.41, 5.74) is 1.17. The zero-order valence-corrected chi connectivity index (χ0v) is 15.9. The van der Waals surface area contributed by atoms with Crippen LogP contribution in [-0.2, 0) is 6.42 Å². The van der Waals surface area contributed by atoms with E-state index in [9.17, 15) is 9.18 Å². The molecule has 2 saturated carbocycles. The van der Waals surface area contributed by atoms with E-state index in [4.69, 9.17) is 0 Å². The van der Waals surface area contributed by atoms with Crippen LogP contribution in [0.15, 0.2) is 24.3 Å². The lowest BCUT2D eigenvalue weighted by atomic mass is 9.64. The highest BCUT2D eigenvalue weighted by atomic mass is 19.1. The van der Waals surface area contributed by atoms with Crippen LogP contribution in [0.4, 0.5) is 9.18 Å². The lowest BCUT2D eigenvalue weighted by Gasteiger charge is -2.56. The van der Waals surface area contributed by atoms with Crippen LogP contribution in [0.1, 0.15) is 44.1 Å². The van der Waals surface area contributed by atoms with Crippen LogP contribution in [0, 0.1) is 17.7 Å². The maximum atomic E-state index is 13.0. The van der Waals surface area contributed by atoms with Crippen molar-refractivity contribution in [3.8, 4) is 0 Å². The molecule has 1 aromatic rings. The van der Waals surface area contributed by atoms with E-state index >= 15 is 0 Å². The average molecular weight is 372 g/mol. The van der Waals surface area contributed by atoms with Gasteiger partial charge in [-0.25, -0.2) is 9.18 Å². The van der Waals surface area contributed by atoms with E-state index in [0.717, 1.165) is 44.3 Å². The average Bonchev–Trinajstić information content (AvgIpc) is 3.07. The van der Waals surface area contributed by atoms with Gasteiger partial charge >= 0.3 is 6.03 Å². The van der Waals surface area contributed by atoms with Gasteiger partial charge in [0.25, 0.3) is 0 Å². The Morgan fingerprint density at radius 3 is 2.37 bits per heavy atom. The number of carbonyl (C=O) groups excluding carboxylic acids is 1. The molecule has 0 radical (unpaired) electrons. The number of likely N-dealkylation sites (tertiary alicyclic amines) is 1. The van der Waals surface area contributed by atoms with Gasteiger partial charge in [0.15, 0.2) is 0 Å². The summed E-state index contributed by atoms with van der Waals surface area (Å²) >= 11 is 0. The quantitative estimate of drug-likeness (QED) is 0.880. The van der Waals surface area contributed by atoms with E-state index in [0.29, 0.717) is 12.1 Å². The molecule has 4 nitrogen and oxygen atoms in total. The molecular formula is C22H30FN3O. The third-order valence-corrected chi connectivity index (χ3v) is 7.34. The first-order chi connectivity index (χ1) is 13.1. The second-order valence-electron chi connectivity index (χ2n) is 9.24. The highest BCUT2D eigenvalue weighted by Crippen LogP contribution is 2.49. The van der Waals surface area contributed by atoms with Gasteiger partial charge in [-0.2, -0.15) is 0 Å². The number of amides is 2. The smallest absolute Gasteiger partial charge is 0.318 e. The van der Waals surface area contributed by atoms with Crippen LogP contribution in [0.25, 0.3) is 0 Å². The Kier molecular flexibility index (Phi) is 4.58. The first-order valence-electron chi connectivity index (χ1n) is 10.7. The number of nitrogens with zero attached hydrogens (tertiary/aromatic N) is 2. The predicted octanol–water partition coefficient (Wildman–Crippen LogP) is 3.42. The molecule has 4 bridgehead atoms. The fourth-order valence-electron chi connectivity index (χ4n) is 6.21. The molecule has 1 atom stereocenters. The van der Waals surface area contributed by atoms with Crippen molar-refractivity contribution in [1.82, 2.24) is 15.1 Å². The molecule has 3 heterocycles. The summed E-state index contributed by atoms with van der Waals surface area (Å²) in [5.74, 6) is 1.58. The van der Waals surface area contributed by atoms with E-state index in [1.807, 2.05) is 12.1 Å². The summed E-state index contributed by atoms with van der Waals surface area (Å²) < 4.78 is 13.0. The Bertz CT molecular complexity index is 663. The summed E-state index contributed by atoms with van der Waals surface area (Å²) in [6, 6.07) is 8.24. The van der Waals surface area contributed by atoms with E-state index in [2.05, 4.69) is 15.1 Å². The van der Waals surface area contributed by atoms with Crippen molar-refractivity contribution in [2.24, 2.45) is 11.8 Å². The number of rotatable bonds is 4. The number of carbonyl (C=O) groups is 1. The van der Waals surface area contributed by atoms with Crippen LogP contribution in [0.5, 0.6) is 0 Å². The number of benzene rings is 1. The largest absolute Gasteiger partial charge is 0.334 e. The molecule has 5 heteroatoms. The van der Waals surface area contributed by atoms with Gasteiger partial charge in [0.1, 0.15) is 5.82 Å². The van der Waals surface area contributed by atoms with Crippen molar-refractivity contribution >= 4 is 6.03 Å². The van der Waals surface area contributed by atoms with Crippen LogP contribution < -0.4 is 5.32 Å². The Hall–Kier alpha value is -1.62. The van der Waals surface area contributed by atoms with Gasteiger partial charge in [-0.3, -0.25) is 0 Å². The maximum absolute atomic E-state index is 13.0. The number of piperidine rings is 2. The molecule has 1 aromatic carbocycles. The molecule has 146 valence electrons. The van der Waals surface area contributed by atoms with Gasteiger partial charge in [-0.1, -0.05) is 12.1 Å². The molecule has 1 unspecified atom stereocenters. The van der Waals surface area contributed by atoms with Crippen molar-refractivity contribution in [3.05, 3.63) is 35.6 Å². The fraction of sp³-hybridized carbons (Fsp3) is 0.682. The monoisotopic (exact) mass is 371 g/mol. The van der Waals surface area contributed by atoms with Gasteiger partial charge in [0.05, 0.1) is 0 Å². The number of nitrogens with one attached hydrogen (secondary N) is 1. The minimum absolute atomic E-state index is 0.178. The summed E-state index contributed by atoms with van der Waals surface area (Å²) in [6.45, 7) is 2.93. The van der Waals surface area contributed by atoms with E-state index in [-0.39, 0.29) is 17.9 Å². The molecule has 0 spiro atoms. The Morgan fingerprint density at radius 2 is 1.70 bits per heavy atom. The molecule has 5 aliphatic rings. The maximum Gasteiger partial charge on any atom is 0.318 e. The molecule has 2 amide bonds. The van der Waals surface area contributed by atoms with Crippen molar-refractivity contribution in [3.63, 3.8) is 0 Å². The Morgan fingerprint density at radius 1 is 1.04 bits per heavy atom. The number of hydrogen-bond donors (Lipinski definition) is 1. The fourth-order valence-corrected chi connectivity index (χ4v) is 6.21. The number of urea groups is 1. The highest BCUT2D eigenvalue weighted by molar-refractivity contribution is 5.75. The van der Waals surface area contributed by atoms with Crippen molar-refractivity contribution in [2.45, 2.75) is 63.1 Å². The van der Waals surface area contributed by atoms with Crippen molar-refractivity contribution in [1.29, 1.82) is 0 Å². The van der Waals surface area contributed by atoms with Crippen molar-refractivity contribution < 1.29 is 9.18 Å². The first-order valence-corrected chi connectivity index (χ1v) is 10.7. The van der Waals surface area contributed by atoms with Crippen LogP contribution in [0.3, 0.4) is 0 Å². The molecule has 3 aliphatic heterocycles. The van der Waals surface area contributed by atoms with Gasteiger partial charge in [0.2, 0.25) is 0 Å². The standard InChI is InChI=1S/C22H30FN3O/c23-18-3-1-15(2-4-18)5-7-25-8-6-19(14-25)24-22(27)26-20-10-16-9-17(12-20)13-21(26)11-16/h1-4,16-17,19-21H,5-14H2,(H,24,27). The first kappa shape index (κ1) is 17.5. The molecule has 0 aromatic heterocycles. The molecule has 6 rings (SSSR count). The van der Waals surface area contributed by atoms with Crippen LogP contribution in [-0.4, -0.2) is 53.6 Å².